The maximum Gasteiger partial charge on any atom is 0.159 e. The average Bonchev–Trinajstić information content (AvgIpc) is 2.55. The summed E-state index contributed by atoms with van der Waals surface area (Å²) in [5.41, 5.74) is 4.37. The van der Waals surface area contributed by atoms with E-state index in [1.165, 1.54) is 11.1 Å². The Morgan fingerprint density at radius 2 is 1.91 bits per heavy atom. The Kier molecular flexibility index (Phi) is 4.37. The lowest BCUT2D eigenvalue weighted by Crippen LogP contribution is -2.32. The first-order chi connectivity index (χ1) is 11.0. The van der Waals surface area contributed by atoms with Crippen LogP contribution >= 0.6 is 0 Å². The number of hydrogen-bond donors (Lipinski definition) is 0. The fraction of sp³-hybridized carbons (Fsp3) is 0.350. The normalized spacial score (nSPS) is 13.7. The van der Waals surface area contributed by atoms with Crippen LogP contribution in [0.2, 0.25) is 0 Å². The van der Waals surface area contributed by atoms with Crippen LogP contribution in [-0.2, 0) is 6.54 Å². The summed E-state index contributed by atoms with van der Waals surface area (Å²) in [6.45, 7) is 8.35. The standard InChI is InChI=1S/C20H23NO2/c1-14(2)17-6-4-16(5-7-17)13-21-10-11-23-20-9-8-18(15(3)22)12-19(20)21/h4-9,12,14H,10-11,13H2,1-3H3. The number of anilines is 1. The molecule has 1 aliphatic rings. The first kappa shape index (κ1) is 15.6. The highest BCUT2D eigenvalue weighted by molar-refractivity contribution is 5.95. The van der Waals surface area contributed by atoms with Gasteiger partial charge in [0.2, 0.25) is 0 Å². The van der Waals surface area contributed by atoms with Crippen LogP contribution in [-0.4, -0.2) is 18.9 Å². The number of ketones is 1. The monoisotopic (exact) mass is 309 g/mol. The van der Waals surface area contributed by atoms with Crippen molar-refractivity contribution in [2.75, 3.05) is 18.1 Å². The van der Waals surface area contributed by atoms with Gasteiger partial charge in [-0.2, -0.15) is 0 Å². The molecule has 0 aliphatic carbocycles. The second kappa shape index (κ2) is 6.45. The molecule has 2 aromatic rings. The summed E-state index contributed by atoms with van der Waals surface area (Å²) in [6, 6.07) is 14.5. The largest absolute Gasteiger partial charge is 0.490 e. The second-order valence-electron chi connectivity index (χ2n) is 6.40. The van der Waals surface area contributed by atoms with Crippen LogP contribution in [0, 0.1) is 0 Å². The van der Waals surface area contributed by atoms with Crippen molar-refractivity contribution in [3.63, 3.8) is 0 Å². The van der Waals surface area contributed by atoms with Gasteiger partial charge in [-0.1, -0.05) is 38.1 Å². The molecule has 3 nitrogen and oxygen atoms in total. The Bertz CT molecular complexity index is 704. The van der Waals surface area contributed by atoms with Crippen molar-refractivity contribution in [1.29, 1.82) is 0 Å². The minimum absolute atomic E-state index is 0.0830. The molecule has 0 aromatic heterocycles. The molecular formula is C20H23NO2. The first-order valence-corrected chi connectivity index (χ1v) is 8.16. The second-order valence-corrected chi connectivity index (χ2v) is 6.40. The van der Waals surface area contributed by atoms with Crippen molar-refractivity contribution < 1.29 is 9.53 Å². The fourth-order valence-corrected chi connectivity index (χ4v) is 2.88. The highest BCUT2D eigenvalue weighted by atomic mass is 16.5. The highest BCUT2D eigenvalue weighted by Crippen LogP contribution is 2.33. The van der Waals surface area contributed by atoms with E-state index in [0.29, 0.717) is 12.5 Å². The Hall–Kier alpha value is -2.29. The van der Waals surface area contributed by atoms with E-state index in [-0.39, 0.29) is 5.78 Å². The molecule has 0 atom stereocenters. The van der Waals surface area contributed by atoms with Crippen molar-refractivity contribution in [3.05, 3.63) is 59.2 Å². The Balaban J connectivity index is 1.84. The van der Waals surface area contributed by atoms with Crippen LogP contribution in [0.3, 0.4) is 0 Å². The number of nitrogens with zero attached hydrogens (tertiary/aromatic N) is 1. The Labute approximate surface area is 137 Å². The quantitative estimate of drug-likeness (QED) is 0.783. The van der Waals surface area contributed by atoms with Gasteiger partial charge in [0.15, 0.2) is 5.78 Å². The summed E-state index contributed by atoms with van der Waals surface area (Å²) in [5, 5.41) is 0. The van der Waals surface area contributed by atoms with Crippen molar-refractivity contribution in [2.24, 2.45) is 0 Å². The average molecular weight is 309 g/mol. The van der Waals surface area contributed by atoms with E-state index in [2.05, 4.69) is 43.0 Å². The molecule has 1 heterocycles. The number of rotatable bonds is 4. The fourth-order valence-electron chi connectivity index (χ4n) is 2.88. The summed E-state index contributed by atoms with van der Waals surface area (Å²) in [7, 11) is 0. The molecule has 0 saturated heterocycles. The van der Waals surface area contributed by atoms with Crippen LogP contribution in [0.1, 0.15) is 48.2 Å². The number of Topliss-reactive ketones (excluding diaryl/α,β-unsaturated/α-hetero) is 1. The van der Waals surface area contributed by atoms with E-state index >= 15 is 0 Å². The minimum atomic E-state index is 0.0830. The van der Waals surface area contributed by atoms with Crippen LogP contribution in [0.5, 0.6) is 5.75 Å². The number of fused-ring (bicyclic) bond motifs is 1. The van der Waals surface area contributed by atoms with Gasteiger partial charge in [0.1, 0.15) is 12.4 Å². The zero-order chi connectivity index (χ0) is 16.4. The minimum Gasteiger partial charge on any atom is -0.490 e. The molecule has 0 fully saturated rings. The van der Waals surface area contributed by atoms with Gasteiger partial charge < -0.3 is 9.64 Å². The smallest absolute Gasteiger partial charge is 0.159 e. The summed E-state index contributed by atoms with van der Waals surface area (Å²) >= 11 is 0. The first-order valence-electron chi connectivity index (χ1n) is 8.16. The SMILES string of the molecule is CC(=O)c1ccc2c(c1)N(Cc1ccc(C(C)C)cc1)CCO2. The molecule has 3 heteroatoms. The van der Waals surface area contributed by atoms with Crippen molar-refractivity contribution in [2.45, 2.75) is 33.2 Å². The molecule has 120 valence electrons. The van der Waals surface area contributed by atoms with Crippen LogP contribution < -0.4 is 9.64 Å². The number of carbonyl (C=O) groups excluding carboxylic acids is 1. The van der Waals surface area contributed by atoms with E-state index in [9.17, 15) is 4.79 Å². The molecule has 0 radical (unpaired) electrons. The van der Waals surface area contributed by atoms with Gasteiger partial charge in [-0.05, 0) is 42.2 Å². The highest BCUT2D eigenvalue weighted by Gasteiger charge is 2.19. The van der Waals surface area contributed by atoms with Gasteiger partial charge in [0.25, 0.3) is 0 Å². The van der Waals surface area contributed by atoms with E-state index in [4.69, 9.17) is 4.74 Å². The molecule has 0 saturated carbocycles. The van der Waals surface area contributed by atoms with Crippen LogP contribution in [0.15, 0.2) is 42.5 Å². The summed E-state index contributed by atoms with van der Waals surface area (Å²) in [5.74, 6) is 1.49. The third-order valence-electron chi connectivity index (χ3n) is 4.34. The van der Waals surface area contributed by atoms with Gasteiger partial charge >= 0.3 is 0 Å². The van der Waals surface area contributed by atoms with Crippen molar-refractivity contribution in [1.82, 2.24) is 0 Å². The zero-order valence-electron chi connectivity index (χ0n) is 14.0. The zero-order valence-corrected chi connectivity index (χ0v) is 14.0. The lowest BCUT2D eigenvalue weighted by molar-refractivity contribution is 0.101. The summed E-state index contributed by atoms with van der Waals surface area (Å²) < 4.78 is 5.72. The molecule has 0 amide bonds. The van der Waals surface area contributed by atoms with Gasteiger partial charge in [-0.25, -0.2) is 0 Å². The van der Waals surface area contributed by atoms with Gasteiger partial charge in [0.05, 0.1) is 12.2 Å². The molecule has 3 rings (SSSR count). The molecule has 1 aliphatic heterocycles. The third kappa shape index (κ3) is 3.39. The molecule has 23 heavy (non-hydrogen) atoms. The van der Waals surface area contributed by atoms with E-state index in [0.717, 1.165) is 30.1 Å². The molecule has 0 unspecified atom stereocenters. The lowest BCUT2D eigenvalue weighted by atomic mass is 10.0. The van der Waals surface area contributed by atoms with E-state index < -0.39 is 0 Å². The van der Waals surface area contributed by atoms with E-state index in [1.807, 2.05) is 18.2 Å². The number of ether oxygens (including phenoxy) is 1. The maximum absolute atomic E-state index is 11.6. The van der Waals surface area contributed by atoms with Gasteiger partial charge in [-0.3, -0.25) is 4.79 Å². The van der Waals surface area contributed by atoms with Gasteiger partial charge in [-0.15, -0.1) is 0 Å². The molecule has 0 N–H and O–H groups in total. The van der Waals surface area contributed by atoms with Crippen LogP contribution in [0.4, 0.5) is 5.69 Å². The number of hydrogen-bond acceptors (Lipinski definition) is 3. The molecular weight excluding hydrogens is 286 g/mol. The Morgan fingerprint density at radius 3 is 2.57 bits per heavy atom. The third-order valence-corrected chi connectivity index (χ3v) is 4.34. The number of benzene rings is 2. The number of carbonyl (C=O) groups is 1. The van der Waals surface area contributed by atoms with Crippen molar-refractivity contribution >= 4 is 11.5 Å². The van der Waals surface area contributed by atoms with Crippen LogP contribution in [0.25, 0.3) is 0 Å². The van der Waals surface area contributed by atoms with E-state index in [1.54, 1.807) is 6.92 Å². The lowest BCUT2D eigenvalue weighted by Gasteiger charge is -2.31. The molecule has 0 bridgehead atoms. The van der Waals surface area contributed by atoms with Crippen molar-refractivity contribution in [3.8, 4) is 5.75 Å². The topological polar surface area (TPSA) is 29.5 Å². The maximum atomic E-state index is 11.6. The Morgan fingerprint density at radius 1 is 1.17 bits per heavy atom. The van der Waals surface area contributed by atoms with Gasteiger partial charge in [0, 0.05) is 12.1 Å². The summed E-state index contributed by atoms with van der Waals surface area (Å²) in [6.07, 6.45) is 0. The predicted molar refractivity (Wildman–Crippen MR) is 93.5 cm³/mol. The summed E-state index contributed by atoms with van der Waals surface area (Å²) in [4.78, 5) is 13.9. The molecule has 0 spiro atoms. The molecule has 2 aromatic carbocycles. The predicted octanol–water partition coefficient (Wildman–Crippen LogP) is 4.41.